The van der Waals surface area contributed by atoms with E-state index in [1.165, 1.54) is 0 Å². The molecule has 3 nitrogen and oxygen atoms in total. The van der Waals surface area contributed by atoms with Crippen LogP contribution in [0.2, 0.25) is 0 Å². The highest BCUT2D eigenvalue weighted by molar-refractivity contribution is 5.84. The standard InChI is InChI=1S/C10H10F11NO2/c1-3-22(4-2)5(23)6(11,8(14,15)16)24-10(20,21)7(12,13)9(17,18)19/h3-4H2,1-2H3/t6-/m1/s1. The SMILES string of the molecule is CCN(CC)C(=O)[C@@](F)(OC(F)(F)C(F)(F)C(F)(F)F)C(F)(F)F. The van der Waals surface area contributed by atoms with Crippen LogP contribution in [0.15, 0.2) is 0 Å². The average Bonchev–Trinajstić information content (AvgIpc) is 2.36. The fraction of sp³-hybridized carbons (Fsp3) is 0.900. The summed E-state index contributed by atoms with van der Waals surface area (Å²) in [5, 5.41) is 0. The Labute approximate surface area is 127 Å². The molecule has 144 valence electrons. The number of carbonyl (C=O) groups excluding carboxylic acids is 1. The lowest BCUT2D eigenvalue weighted by Crippen LogP contribution is -2.64. The van der Waals surface area contributed by atoms with E-state index in [0.717, 1.165) is 13.8 Å². The Balaban J connectivity index is 6.05. The van der Waals surface area contributed by atoms with Gasteiger partial charge in [0.05, 0.1) is 0 Å². The summed E-state index contributed by atoms with van der Waals surface area (Å²) in [4.78, 5) is 11.3. The van der Waals surface area contributed by atoms with Gasteiger partial charge in [0.25, 0.3) is 5.91 Å². The number of alkyl halides is 11. The molecule has 1 atom stereocenters. The highest BCUT2D eigenvalue weighted by Gasteiger charge is 2.79. The summed E-state index contributed by atoms with van der Waals surface area (Å²) in [5.74, 6) is -16.2. The minimum Gasteiger partial charge on any atom is -0.338 e. The van der Waals surface area contributed by atoms with Crippen molar-refractivity contribution < 1.29 is 57.8 Å². The van der Waals surface area contributed by atoms with Crippen LogP contribution in [0, 0.1) is 0 Å². The minimum atomic E-state index is -7.19. The van der Waals surface area contributed by atoms with Crippen LogP contribution in [0.25, 0.3) is 0 Å². The van der Waals surface area contributed by atoms with Crippen molar-refractivity contribution in [2.24, 2.45) is 0 Å². The minimum absolute atomic E-state index is 0.0741. The third kappa shape index (κ3) is 3.83. The maximum Gasteiger partial charge on any atom is 0.462 e. The van der Waals surface area contributed by atoms with Gasteiger partial charge in [-0.15, -0.1) is 0 Å². The summed E-state index contributed by atoms with van der Waals surface area (Å²) in [6, 6.07) is 0. The Morgan fingerprint density at radius 1 is 0.792 bits per heavy atom. The van der Waals surface area contributed by atoms with Gasteiger partial charge in [-0.3, -0.25) is 9.53 Å². The average molecular weight is 385 g/mol. The molecule has 0 radical (unpaired) electrons. The van der Waals surface area contributed by atoms with E-state index in [4.69, 9.17) is 0 Å². The van der Waals surface area contributed by atoms with Gasteiger partial charge in [0.2, 0.25) is 0 Å². The smallest absolute Gasteiger partial charge is 0.338 e. The van der Waals surface area contributed by atoms with Crippen molar-refractivity contribution in [3.8, 4) is 0 Å². The van der Waals surface area contributed by atoms with E-state index >= 15 is 0 Å². The Hall–Kier alpha value is -1.34. The highest BCUT2D eigenvalue weighted by atomic mass is 19.4. The molecule has 24 heavy (non-hydrogen) atoms. The molecule has 0 aromatic rings. The second-order valence-corrected chi connectivity index (χ2v) is 4.26. The summed E-state index contributed by atoms with van der Waals surface area (Å²) in [6.07, 6.45) is -20.7. The maximum absolute atomic E-state index is 13.8. The fourth-order valence-electron chi connectivity index (χ4n) is 1.34. The highest BCUT2D eigenvalue weighted by Crippen LogP contribution is 2.51. The zero-order chi connectivity index (χ0) is 19.8. The molecule has 0 heterocycles. The zero-order valence-corrected chi connectivity index (χ0v) is 11.8. The Kier molecular flexibility index (Phi) is 6.15. The monoisotopic (exact) mass is 385 g/mol. The molecule has 1 amide bonds. The largest absolute Gasteiger partial charge is 0.462 e. The number of hydrogen-bond acceptors (Lipinski definition) is 2. The van der Waals surface area contributed by atoms with Crippen molar-refractivity contribution in [1.82, 2.24) is 4.90 Å². The molecular formula is C10H10F11NO2. The summed E-state index contributed by atoms with van der Waals surface area (Å²) >= 11 is 0. The van der Waals surface area contributed by atoms with Crippen LogP contribution < -0.4 is 0 Å². The third-order valence-corrected chi connectivity index (χ3v) is 2.68. The molecule has 0 aliphatic heterocycles. The van der Waals surface area contributed by atoms with Gasteiger partial charge < -0.3 is 4.90 Å². The lowest BCUT2D eigenvalue weighted by Gasteiger charge is -2.36. The van der Waals surface area contributed by atoms with Gasteiger partial charge in [-0.05, 0) is 13.8 Å². The molecule has 0 bridgehead atoms. The molecule has 0 unspecified atom stereocenters. The summed E-state index contributed by atoms with van der Waals surface area (Å²) in [6.45, 7) is 0.560. The van der Waals surface area contributed by atoms with Gasteiger partial charge in [-0.2, -0.15) is 48.3 Å². The summed E-state index contributed by atoms with van der Waals surface area (Å²) in [5.41, 5.74) is 0. The molecule has 0 N–H and O–H groups in total. The number of amides is 1. The van der Waals surface area contributed by atoms with E-state index in [0.29, 0.717) is 0 Å². The van der Waals surface area contributed by atoms with Gasteiger partial charge in [-0.1, -0.05) is 0 Å². The lowest BCUT2D eigenvalue weighted by atomic mass is 10.2. The van der Waals surface area contributed by atoms with Gasteiger partial charge in [0, 0.05) is 13.1 Å². The fourth-order valence-corrected chi connectivity index (χ4v) is 1.34. The summed E-state index contributed by atoms with van der Waals surface area (Å²) in [7, 11) is 0. The first-order valence-corrected chi connectivity index (χ1v) is 5.96. The Morgan fingerprint density at radius 2 is 1.17 bits per heavy atom. The molecule has 0 fully saturated rings. The van der Waals surface area contributed by atoms with Crippen molar-refractivity contribution >= 4 is 5.91 Å². The number of halogens is 11. The van der Waals surface area contributed by atoms with Crippen LogP contribution in [0.1, 0.15) is 13.8 Å². The van der Waals surface area contributed by atoms with Crippen molar-refractivity contribution in [2.75, 3.05) is 13.1 Å². The second-order valence-electron chi connectivity index (χ2n) is 4.26. The van der Waals surface area contributed by atoms with Crippen LogP contribution in [0.4, 0.5) is 48.3 Å². The van der Waals surface area contributed by atoms with E-state index in [1.54, 1.807) is 0 Å². The number of likely N-dealkylation sites (N-methyl/N-ethyl adjacent to an activating group) is 1. The van der Waals surface area contributed by atoms with Gasteiger partial charge in [-0.25, -0.2) is 0 Å². The van der Waals surface area contributed by atoms with Crippen molar-refractivity contribution in [1.29, 1.82) is 0 Å². The molecule has 0 saturated carbocycles. The van der Waals surface area contributed by atoms with Gasteiger partial charge >= 0.3 is 30.2 Å². The van der Waals surface area contributed by atoms with Gasteiger partial charge in [0.1, 0.15) is 0 Å². The van der Waals surface area contributed by atoms with E-state index < -0.39 is 49.2 Å². The van der Waals surface area contributed by atoms with Crippen LogP contribution in [-0.2, 0) is 9.53 Å². The number of nitrogens with zero attached hydrogens (tertiary/aromatic N) is 1. The predicted octanol–water partition coefficient (Wildman–Crippen LogP) is 3.89. The third-order valence-electron chi connectivity index (χ3n) is 2.68. The normalized spacial score (nSPS) is 16.7. The van der Waals surface area contributed by atoms with Crippen molar-refractivity contribution in [3.05, 3.63) is 0 Å². The molecule has 0 spiro atoms. The molecule has 0 aromatic heterocycles. The number of ether oxygens (including phenoxy) is 1. The molecule has 14 heteroatoms. The molecule has 0 aliphatic rings. The van der Waals surface area contributed by atoms with Crippen LogP contribution in [-0.4, -0.2) is 54.1 Å². The predicted molar refractivity (Wildman–Crippen MR) is 54.9 cm³/mol. The second kappa shape index (κ2) is 6.52. The van der Waals surface area contributed by atoms with Crippen LogP contribution >= 0.6 is 0 Å². The van der Waals surface area contributed by atoms with Crippen LogP contribution in [0.5, 0.6) is 0 Å². The molecule has 0 saturated heterocycles. The van der Waals surface area contributed by atoms with Crippen molar-refractivity contribution in [3.63, 3.8) is 0 Å². The number of rotatable bonds is 6. The molecule has 0 aliphatic carbocycles. The Morgan fingerprint density at radius 3 is 1.42 bits per heavy atom. The van der Waals surface area contributed by atoms with Crippen molar-refractivity contribution in [2.45, 2.75) is 44.1 Å². The Bertz CT molecular complexity index is 455. The first-order valence-electron chi connectivity index (χ1n) is 5.96. The zero-order valence-electron chi connectivity index (χ0n) is 11.8. The first kappa shape index (κ1) is 22.7. The molecule has 0 rings (SSSR count). The molecule has 0 aromatic carbocycles. The first-order chi connectivity index (χ1) is 10.4. The lowest BCUT2D eigenvalue weighted by molar-refractivity contribution is -0.473. The molecular weight excluding hydrogens is 375 g/mol. The van der Waals surface area contributed by atoms with Crippen LogP contribution in [0.3, 0.4) is 0 Å². The van der Waals surface area contributed by atoms with E-state index in [9.17, 15) is 53.1 Å². The number of hydrogen-bond donors (Lipinski definition) is 0. The quantitative estimate of drug-likeness (QED) is 0.650. The van der Waals surface area contributed by atoms with E-state index in [1.807, 2.05) is 0 Å². The topological polar surface area (TPSA) is 29.5 Å². The van der Waals surface area contributed by atoms with Gasteiger partial charge in [0.15, 0.2) is 0 Å². The number of carbonyl (C=O) groups is 1. The maximum atomic E-state index is 13.8. The summed E-state index contributed by atoms with van der Waals surface area (Å²) < 4.78 is 140. The van der Waals surface area contributed by atoms with E-state index in [2.05, 4.69) is 4.74 Å². The van der Waals surface area contributed by atoms with E-state index in [-0.39, 0.29) is 4.90 Å².